The number of methoxy groups -OCH3 is 1. The number of hydrogen-bond donors (Lipinski definition) is 5. The predicted octanol–water partition coefficient (Wildman–Crippen LogP) is -0.0268. The number of phenols is 1. The first-order chi connectivity index (χ1) is 17.2. The van der Waals surface area contributed by atoms with Crippen molar-refractivity contribution in [1.29, 1.82) is 0 Å². The number of phenolic OH excluding ortho intramolecular Hbond substituents is 1. The van der Waals surface area contributed by atoms with E-state index in [1.54, 1.807) is 33.1 Å². The fourth-order valence-electron chi connectivity index (χ4n) is 5.96. The van der Waals surface area contributed by atoms with E-state index in [1.165, 1.54) is 11.0 Å². The molecule has 1 aromatic rings. The fraction of sp³-hybridized carbons (Fsp3) is 0.440. The number of carbonyl (C=O) groups is 4. The molecule has 4 atom stereocenters. The van der Waals surface area contributed by atoms with Gasteiger partial charge in [-0.15, -0.1) is 0 Å². The number of anilines is 1. The Kier molecular flexibility index (Phi) is 6.08. The van der Waals surface area contributed by atoms with Crippen molar-refractivity contribution in [1.82, 2.24) is 4.90 Å². The summed E-state index contributed by atoms with van der Waals surface area (Å²) in [5.41, 5.74) is 1.76. The van der Waals surface area contributed by atoms with E-state index in [-0.39, 0.29) is 29.5 Å². The van der Waals surface area contributed by atoms with Crippen LogP contribution in [0.3, 0.4) is 0 Å². The molecule has 1 amide bonds. The third-order valence-corrected chi connectivity index (χ3v) is 7.59. The SMILES string of the molecule is COC(=O)c1cc(N(C)C)c2c(c1O)C(=O)C1=C(O)[C@]3(O)C(=O)C(C(N)=O)=C(O)C(N(C)C)[C@@H]3C[C@@H]1C2. The van der Waals surface area contributed by atoms with E-state index in [9.17, 15) is 39.6 Å². The van der Waals surface area contributed by atoms with Crippen molar-refractivity contribution >= 4 is 29.1 Å². The summed E-state index contributed by atoms with van der Waals surface area (Å²) in [4.78, 5) is 54.7. The number of nitrogens with two attached hydrogens (primary N) is 1. The van der Waals surface area contributed by atoms with Gasteiger partial charge < -0.3 is 35.8 Å². The average Bonchev–Trinajstić information content (AvgIpc) is 2.80. The number of likely N-dealkylation sites (N-methyl/N-ethyl adjacent to an activating group) is 1. The topological polar surface area (TPSA) is 191 Å². The monoisotopic (exact) mass is 515 g/mol. The number of amides is 1. The number of aliphatic hydroxyl groups excluding tert-OH is 2. The van der Waals surface area contributed by atoms with E-state index in [2.05, 4.69) is 0 Å². The Morgan fingerprint density at radius 3 is 2.27 bits per heavy atom. The second kappa shape index (κ2) is 8.60. The number of carbonyl (C=O) groups excluding carboxylic acids is 4. The minimum absolute atomic E-state index is 0.0296. The number of rotatable bonds is 4. The molecule has 1 aromatic carbocycles. The van der Waals surface area contributed by atoms with Gasteiger partial charge in [-0.1, -0.05) is 0 Å². The molecule has 1 unspecified atom stereocenters. The Bertz CT molecular complexity index is 1330. The summed E-state index contributed by atoms with van der Waals surface area (Å²) in [6.45, 7) is 0. The van der Waals surface area contributed by atoms with Crippen molar-refractivity contribution in [2.45, 2.75) is 24.5 Å². The first-order valence-electron chi connectivity index (χ1n) is 11.5. The van der Waals surface area contributed by atoms with E-state index in [4.69, 9.17) is 10.5 Å². The number of primary amides is 1. The summed E-state index contributed by atoms with van der Waals surface area (Å²) in [5, 5.41) is 44.7. The van der Waals surface area contributed by atoms with Crippen LogP contribution in [0, 0.1) is 11.8 Å². The molecule has 0 heterocycles. The first-order valence-corrected chi connectivity index (χ1v) is 11.5. The molecule has 0 radical (unpaired) electrons. The van der Waals surface area contributed by atoms with E-state index in [0.29, 0.717) is 11.3 Å². The van der Waals surface area contributed by atoms with Gasteiger partial charge in [-0.2, -0.15) is 0 Å². The second-order valence-electron chi connectivity index (χ2n) is 9.99. The summed E-state index contributed by atoms with van der Waals surface area (Å²) in [5.74, 6) is -8.47. The molecule has 0 saturated carbocycles. The van der Waals surface area contributed by atoms with Crippen molar-refractivity contribution in [3.63, 3.8) is 0 Å². The lowest BCUT2D eigenvalue weighted by Crippen LogP contribution is -2.63. The Morgan fingerprint density at radius 2 is 1.76 bits per heavy atom. The van der Waals surface area contributed by atoms with Gasteiger partial charge in [-0.3, -0.25) is 19.3 Å². The largest absolute Gasteiger partial charge is 0.510 e. The van der Waals surface area contributed by atoms with Crippen LogP contribution in [0.1, 0.15) is 32.7 Å². The van der Waals surface area contributed by atoms with Crippen LogP contribution in [0.2, 0.25) is 0 Å². The molecule has 0 bridgehead atoms. The number of nitrogens with zero attached hydrogens (tertiary/aromatic N) is 2. The van der Waals surface area contributed by atoms with Gasteiger partial charge in [-0.25, -0.2) is 4.79 Å². The molecule has 0 fully saturated rings. The van der Waals surface area contributed by atoms with Crippen LogP contribution in [0.4, 0.5) is 5.69 Å². The number of benzene rings is 1. The lowest BCUT2D eigenvalue weighted by Gasteiger charge is -2.50. The van der Waals surface area contributed by atoms with Gasteiger partial charge in [-0.05, 0) is 44.5 Å². The van der Waals surface area contributed by atoms with Gasteiger partial charge in [0.25, 0.3) is 5.91 Å². The third-order valence-electron chi connectivity index (χ3n) is 7.59. The molecule has 12 nitrogen and oxygen atoms in total. The molecule has 0 saturated heterocycles. The summed E-state index contributed by atoms with van der Waals surface area (Å²) >= 11 is 0. The van der Waals surface area contributed by atoms with Crippen LogP contribution in [-0.4, -0.2) is 95.7 Å². The summed E-state index contributed by atoms with van der Waals surface area (Å²) < 4.78 is 4.73. The lowest BCUT2D eigenvalue weighted by atomic mass is 9.58. The number of fused-ring (bicyclic) bond motifs is 3. The van der Waals surface area contributed by atoms with Crippen molar-refractivity contribution in [2.75, 3.05) is 40.2 Å². The average molecular weight is 516 g/mol. The highest BCUT2D eigenvalue weighted by Gasteiger charge is 2.63. The van der Waals surface area contributed by atoms with Crippen molar-refractivity contribution < 1.29 is 44.3 Å². The van der Waals surface area contributed by atoms with E-state index < -0.39 is 69.8 Å². The molecular formula is C25H29N3O9. The molecular weight excluding hydrogens is 486 g/mol. The minimum atomic E-state index is -2.73. The van der Waals surface area contributed by atoms with Crippen LogP contribution < -0.4 is 10.6 Å². The van der Waals surface area contributed by atoms with Crippen molar-refractivity contribution in [2.24, 2.45) is 17.6 Å². The summed E-state index contributed by atoms with van der Waals surface area (Å²) in [6.07, 6.45) is 0.0786. The number of allylic oxidation sites excluding steroid dienone is 1. The molecule has 0 aromatic heterocycles. The lowest BCUT2D eigenvalue weighted by molar-refractivity contribution is -0.148. The normalized spacial score (nSPS) is 27.1. The molecule has 198 valence electrons. The van der Waals surface area contributed by atoms with Gasteiger partial charge >= 0.3 is 5.97 Å². The highest BCUT2D eigenvalue weighted by molar-refractivity contribution is 6.25. The maximum absolute atomic E-state index is 13.8. The smallest absolute Gasteiger partial charge is 0.341 e. The summed E-state index contributed by atoms with van der Waals surface area (Å²) in [6, 6.07) is 0.329. The van der Waals surface area contributed by atoms with Crippen LogP contribution in [0.25, 0.3) is 0 Å². The van der Waals surface area contributed by atoms with Crippen LogP contribution in [-0.2, 0) is 20.7 Å². The number of aromatic hydroxyl groups is 1. The van der Waals surface area contributed by atoms with Crippen LogP contribution in [0.15, 0.2) is 28.7 Å². The summed E-state index contributed by atoms with van der Waals surface area (Å²) in [7, 11) is 7.62. The van der Waals surface area contributed by atoms with Crippen molar-refractivity contribution in [3.05, 3.63) is 45.4 Å². The van der Waals surface area contributed by atoms with Gasteiger partial charge in [0.2, 0.25) is 5.78 Å². The van der Waals surface area contributed by atoms with Gasteiger partial charge in [0.15, 0.2) is 11.4 Å². The fourth-order valence-corrected chi connectivity index (χ4v) is 5.96. The molecule has 0 spiro atoms. The zero-order valence-corrected chi connectivity index (χ0v) is 21.0. The quantitative estimate of drug-likeness (QED) is 0.267. The maximum atomic E-state index is 13.8. The second-order valence-corrected chi connectivity index (χ2v) is 9.99. The minimum Gasteiger partial charge on any atom is -0.510 e. The van der Waals surface area contributed by atoms with E-state index in [1.807, 2.05) is 0 Å². The highest BCUT2D eigenvalue weighted by Crippen LogP contribution is 2.53. The number of esters is 1. The van der Waals surface area contributed by atoms with Gasteiger partial charge in [0, 0.05) is 31.3 Å². The van der Waals surface area contributed by atoms with Crippen molar-refractivity contribution in [3.8, 4) is 5.75 Å². The van der Waals surface area contributed by atoms with Crippen LogP contribution in [0.5, 0.6) is 5.75 Å². The number of hydrogen-bond acceptors (Lipinski definition) is 11. The number of aliphatic hydroxyl groups is 3. The maximum Gasteiger partial charge on any atom is 0.341 e. The van der Waals surface area contributed by atoms with E-state index in [0.717, 1.165) is 7.11 Å². The highest BCUT2D eigenvalue weighted by atomic mass is 16.5. The Labute approximate surface area is 212 Å². The van der Waals surface area contributed by atoms with Gasteiger partial charge in [0.05, 0.1) is 18.7 Å². The van der Waals surface area contributed by atoms with E-state index >= 15 is 0 Å². The zero-order chi connectivity index (χ0) is 27.7. The Balaban J connectivity index is 2.01. The Hall–Kier alpha value is -3.90. The Morgan fingerprint density at radius 1 is 1.14 bits per heavy atom. The zero-order valence-electron chi connectivity index (χ0n) is 21.0. The molecule has 3 aliphatic carbocycles. The standard InChI is InChI=1S/C25H29N3O9/c1-27(2)13-8-11(24(35)37-5)18(29)15-10(13)6-9-7-12-17(28(3)4)20(31)16(23(26)34)22(33)25(12,36)21(32)14(9)19(15)30/h8-9,12,17,29,31-32,36H,6-7H2,1-5H3,(H2,26,34)/t9-,12-,17?,25-/m0/s1. The van der Waals surface area contributed by atoms with Gasteiger partial charge in [0.1, 0.15) is 28.4 Å². The third kappa shape index (κ3) is 3.43. The molecule has 37 heavy (non-hydrogen) atoms. The first kappa shape index (κ1) is 26.2. The molecule has 0 aliphatic heterocycles. The molecule has 4 rings (SSSR count). The molecule has 3 aliphatic rings. The van der Waals surface area contributed by atoms with Crippen LogP contribution >= 0.6 is 0 Å². The molecule has 6 N–H and O–H groups in total. The number of ketones is 2. The predicted molar refractivity (Wildman–Crippen MR) is 129 cm³/mol. The molecule has 12 heteroatoms. The number of ether oxygens (including phenoxy) is 1. The number of Topliss-reactive ketones (excluding diaryl/α,β-unsaturated/α-hetero) is 2.